The van der Waals surface area contributed by atoms with Gasteiger partial charge in [-0.25, -0.2) is 4.79 Å². The van der Waals surface area contributed by atoms with Crippen LogP contribution in [0.2, 0.25) is 0 Å². The number of hydrogen-bond acceptors (Lipinski definition) is 8. The normalized spacial score (nSPS) is 50.2. The molecule has 5 aliphatic carbocycles. The minimum atomic E-state index is -0.522. The van der Waals surface area contributed by atoms with Gasteiger partial charge in [-0.2, -0.15) is 0 Å². The van der Waals surface area contributed by atoms with E-state index in [1.54, 1.807) is 14.1 Å². The minimum Gasteiger partial charge on any atom is -0.443 e. The molecule has 2 spiro atoms. The SMILES string of the molecule is CC(C)[C@@H](OC(=O)N(C)C)C1C[C@@H](C)[C@H]2C(O1)[C@H](O)[C@@]1(C)C3CC[C@H]4C(C)(C)[C@@H](O[C@H]5CN(CC6CNC6)CCO5)CC[C@@]45C[C@@]35CC[C@]21C. The van der Waals surface area contributed by atoms with E-state index in [9.17, 15) is 9.90 Å². The van der Waals surface area contributed by atoms with Crippen molar-refractivity contribution in [1.29, 1.82) is 0 Å². The molecule has 284 valence electrons. The van der Waals surface area contributed by atoms with Crippen LogP contribution in [0.1, 0.15) is 99.8 Å². The highest BCUT2D eigenvalue weighted by Gasteiger charge is 2.84. The Morgan fingerprint density at radius 3 is 2.44 bits per heavy atom. The lowest BCUT2D eigenvalue weighted by Crippen LogP contribution is -2.60. The summed E-state index contributed by atoms with van der Waals surface area (Å²) in [4.78, 5) is 16.8. The van der Waals surface area contributed by atoms with Gasteiger partial charge < -0.3 is 34.3 Å². The summed E-state index contributed by atoms with van der Waals surface area (Å²) in [6, 6.07) is 0. The second-order valence-electron chi connectivity index (χ2n) is 20.3. The molecule has 1 amide bonds. The number of aliphatic hydroxyl groups excluding tert-OH is 1. The van der Waals surface area contributed by atoms with Crippen molar-refractivity contribution in [2.75, 3.05) is 53.4 Å². The molecular formula is C41H69N3O6. The highest BCUT2D eigenvalue weighted by molar-refractivity contribution is 5.67. The summed E-state index contributed by atoms with van der Waals surface area (Å²) in [7, 11) is 3.47. The van der Waals surface area contributed by atoms with E-state index < -0.39 is 6.10 Å². The number of morpholine rings is 1. The average molecular weight is 700 g/mol. The van der Waals surface area contributed by atoms with Gasteiger partial charge in [0.25, 0.3) is 0 Å². The van der Waals surface area contributed by atoms with Gasteiger partial charge in [0.15, 0.2) is 6.29 Å². The summed E-state index contributed by atoms with van der Waals surface area (Å²) in [5.74, 6) is 2.71. The van der Waals surface area contributed by atoms with Crippen molar-refractivity contribution in [2.24, 2.45) is 62.6 Å². The molecule has 5 saturated carbocycles. The number of carbonyl (C=O) groups is 1. The molecule has 3 aliphatic heterocycles. The first-order valence-corrected chi connectivity index (χ1v) is 20.5. The topological polar surface area (TPSA) is 92.7 Å². The van der Waals surface area contributed by atoms with Crippen molar-refractivity contribution in [1.82, 2.24) is 15.1 Å². The van der Waals surface area contributed by atoms with Crippen LogP contribution < -0.4 is 5.32 Å². The van der Waals surface area contributed by atoms with Crippen molar-refractivity contribution < 1.29 is 28.8 Å². The van der Waals surface area contributed by atoms with E-state index in [4.69, 9.17) is 18.9 Å². The zero-order chi connectivity index (χ0) is 35.6. The summed E-state index contributed by atoms with van der Waals surface area (Å²) in [6.07, 6.45) is 7.84. The Bertz CT molecular complexity index is 1310. The van der Waals surface area contributed by atoms with Crippen molar-refractivity contribution in [2.45, 2.75) is 137 Å². The molecule has 0 radical (unpaired) electrons. The Morgan fingerprint density at radius 1 is 1.04 bits per heavy atom. The zero-order valence-corrected chi connectivity index (χ0v) is 32.7. The molecule has 9 nitrogen and oxygen atoms in total. The van der Waals surface area contributed by atoms with Crippen LogP contribution in [0, 0.1) is 62.6 Å². The van der Waals surface area contributed by atoms with Crippen molar-refractivity contribution >= 4 is 6.09 Å². The molecule has 0 aromatic heterocycles. The number of nitrogens with one attached hydrogen (secondary N) is 1. The maximum absolute atomic E-state index is 12.7. The van der Waals surface area contributed by atoms with Gasteiger partial charge in [0.05, 0.1) is 31.0 Å². The number of fused-ring (bicyclic) bond motifs is 4. The Labute approximate surface area is 302 Å². The molecule has 9 heteroatoms. The van der Waals surface area contributed by atoms with E-state index in [2.05, 4.69) is 58.7 Å². The van der Waals surface area contributed by atoms with Crippen LogP contribution in [0.3, 0.4) is 0 Å². The third-order valence-corrected chi connectivity index (χ3v) is 17.2. The second kappa shape index (κ2) is 12.3. The molecule has 3 heterocycles. The Morgan fingerprint density at radius 2 is 1.76 bits per heavy atom. The molecule has 14 atom stereocenters. The molecule has 8 aliphatic rings. The third kappa shape index (κ3) is 5.01. The minimum absolute atomic E-state index is 0.0111. The molecule has 50 heavy (non-hydrogen) atoms. The molecule has 3 unspecified atom stereocenters. The number of amides is 1. The maximum atomic E-state index is 12.7. The average Bonchev–Trinajstić information content (AvgIpc) is 3.67. The van der Waals surface area contributed by atoms with Crippen LogP contribution >= 0.6 is 0 Å². The van der Waals surface area contributed by atoms with Gasteiger partial charge in [-0.3, -0.25) is 4.90 Å². The molecular weight excluding hydrogens is 630 g/mol. The lowest BCUT2D eigenvalue weighted by atomic mass is 9.41. The van der Waals surface area contributed by atoms with E-state index in [1.165, 1.54) is 37.0 Å². The monoisotopic (exact) mass is 700 g/mol. The summed E-state index contributed by atoms with van der Waals surface area (Å²) in [5, 5.41) is 16.1. The number of nitrogens with zero attached hydrogens (tertiary/aromatic N) is 2. The fraction of sp³-hybridized carbons (Fsp3) is 0.976. The number of hydrogen-bond donors (Lipinski definition) is 2. The van der Waals surface area contributed by atoms with Gasteiger partial charge >= 0.3 is 6.09 Å². The summed E-state index contributed by atoms with van der Waals surface area (Å²) in [5.41, 5.74) is 0.545. The highest BCUT2D eigenvalue weighted by atomic mass is 16.7. The number of aliphatic hydroxyl groups is 1. The highest BCUT2D eigenvalue weighted by Crippen LogP contribution is 2.89. The smallest absolute Gasteiger partial charge is 0.409 e. The van der Waals surface area contributed by atoms with Crippen LogP contribution in [0.15, 0.2) is 0 Å². The van der Waals surface area contributed by atoms with Gasteiger partial charge in [0, 0.05) is 52.2 Å². The zero-order valence-electron chi connectivity index (χ0n) is 32.7. The molecule has 8 rings (SSSR count). The van der Waals surface area contributed by atoms with Gasteiger partial charge in [-0.15, -0.1) is 0 Å². The van der Waals surface area contributed by atoms with Gasteiger partial charge in [-0.1, -0.05) is 48.5 Å². The van der Waals surface area contributed by atoms with Gasteiger partial charge in [-0.05, 0) is 109 Å². The molecule has 0 bridgehead atoms. The standard InChI is InChI=1S/C41H69N3O6/c1-24(2)33(50-36(46)43(8)9)27-18-25(3)32-34(48-27)35(45)39(7)29-11-10-28-37(4,5)30(12-13-40(28)23-41(29,40)15-14-38(32,39)6)49-31-22-44(16-17-47-31)21-26-19-42-20-26/h24-35,42,45H,10-23H2,1-9H3/t25-,27?,28+,29?,30+,31+,32+,33-,34?,35+,38-,39-,40-,41+/m1/s1. The molecule has 0 aromatic rings. The van der Waals surface area contributed by atoms with Crippen molar-refractivity contribution in [3.8, 4) is 0 Å². The quantitative estimate of drug-likeness (QED) is 0.346. The lowest BCUT2D eigenvalue weighted by Gasteiger charge is -2.64. The molecule has 2 N–H and O–H groups in total. The Balaban J connectivity index is 1.00. The van der Waals surface area contributed by atoms with Crippen molar-refractivity contribution in [3.05, 3.63) is 0 Å². The fourth-order valence-electron chi connectivity index (χ4n) is 14.6. The van der Waals surface area contributed by atoms with Crippen LogP contribution in [0.4, 0.5) is 4.79 Å². The van der Waals surface area contributed by atoms with E-state index >= 15 is 0 Å². The Hall–Kier alpha value is -0.970. The number of carbonyl (C=O) groups excluding carboxylic acids is 1. The van der Waals surface area contributed by atoms with Crippen molar-refractivity contribution in [3.63, 3.8) is 0 Å². The first-order chi connectivity index (χ1) is 23.6. The lowest BCUT2D eigenvalue weighted by molar-refractivity contribution is -0.249. The van der Waals surface area contributed by atoms with Gasteiger partial charge in [0.2, 0.25) is 0 Å². The summed E-state index contributed by atoms with van der Waals surface area (Å²) >= 11 is 0. The first kappa shape index (κ1) is 36.0. The third-order valence-electron chi connectivity index (χ3n) is 17.2. The first-order valence-electron chi connectivity index (χ1n) is 20.5. The van der Waals surface area contributed by atoms with Gasteiger partial charge in [0.1, 0.15) is 6.10 Å². The Kier molecular flexibility index (Phi) is 8.84. The van der Waals surface area contributed by atoms with E-state index in [-0.39, 0.29) is 59.0 Å². The van der Waals surface area contributed by atoms with E-state index in [0.717, 1.165) is 64.5 Å². The predicted octanol–water partition coefficient (Wildman–Crippen LogP) is 5.79. The van der Waals surface area contributed by atoms with E-state index in [1.807, 2.05) is 0 Å². The largest absolute Gasteiger partial charge is 0.443 e. The maximum Gasteiger partial charge on any atom is 0.409 e. The van der Waals surface area contributed by atoms with Crippen LogP contribution in [-0.2, 0) is 18.9 Å². The number of rotatable bonds is 7. The summed E-state index contributed by atoms with van der Waals surface area (Å²) in [6.45, 7) is 22.7. The predicted molar refractivity (Wildman–Crippen MR) is 192 cm³/mol. The molecule has 0 aromatic carbocycles. The van der Waals surface area contributed by atoms with E-state index in [0.29, 0.717) is 34.5 Å². The van der Waals surface area contributed by atoms with Crippen LogP contribution in [0.5, 0.6) is 0 Å². The molecule has 3 saturated heterocycles. The summed E-state index contributed by atoms with van der Waals surface area (Å²) < 4.78 is 26.3. The van der Waals surface area contributed by atoms with Crippen LogP contribution in [0.25, 0.3) is 0 Å². The van der Waals surface area contributed by atoms with Crippen LogP contribution in [-0.4, -0.2) is 111 Å². The second-order valence-corrected chi connectivity index (χ2v) is 20.3. The number of ether oxygens (including phenoxy) is 4. The fourth-order valence-corrected chi connectivity index (χ4v) is 14.6. The molecule has 8 fully saturated rings.